The van der Waals surface area contributed by atoms with Crippen LogP contribution < -0.4 is 0 Å². The molecule has 1 nitrogen and oxygen atoms in total. The molecule has 1 heteroatoms. The van der Waals surface area contributed by atoms with E-state index in [1.54, 1.807) is 0 Å². The first-order valence-electron chi connectivity index (χ1n) is 3.62. The minimum absolute atomic E-state index is 0.841. The first-order chi connectivity index (χ1) is 4.29. The van der Waals surface area contributed by atoms with Crippen molar-refractivity contribution in [3.8, 4) is 0 Å². The van der Waals surface area contributed by atoms with Gasteiger partial charge in [0, 0.05) is 13.1 Å². The summed E-state index contributed by atoms with van der Waals surface area (Å²) >= 11 is 0. The average molecular weight is 125 g/mol. The van der Waals surface area contributed by atoms with E-state index >= 15 is 0 Å². The number of allylic oxidation sites excluding steroid dienone is 1. The second kappa shape index (κ2) is 3.02. The molecule has 1 unspecified atom stereocenters. The van der Waals surface area contributed by atoms with Gasteiger partial charge in [-0.25, -0.2) is 0 Å². The predicted octanol–water partition coefficient (Wildman–Crippen LogP) is 1.51. The molecule has 1 aliphatic rings. The number of hydrogen-bond acceptors (Lipinski definition) is 1. The van der Waals surface area contributed by atoms with E-state index in [2.05, 4.69) is 31.0 Å². The molecule has 0 radical (unpaired) electrons. The van der Waals surface area contributed by atoms with Gasteiger partial charge in [0.05, 0.1) is 0 Å². The van der Waals surface area contributed by atoms with E-state index in [1.807, 2.05) is 0 Å². The molecule has 0 N–H and O–H groups in total. The molecule has 0 aromatic heterocycles. The summed E-state index contributed by atoms with van der Waals surface area (Å²) in [4.78, 5) is 2.36. The van der Waals surface area contributed by atoms with Crippen molar-refractivity contribution in [3.05, 3.63) is 12.2 Å². The highest BCUT2D eigenvalue weighted by Gasteiger charge is 2.05. The molecule has 0 amide bonds. The largest absolute Gasteiger partial charge is 0.302 e. The van der Waals surface area contributed by atoms with Gasteiger partial charge in [-0.2, -0.15) is 0 Å². The van der Waals surface area contributed by atoms with Crippen LogP contribution >= 0.6 is 0 Å². The number of nitrogens with zero attached hydrogens (tertiary/aromatic N) is 1. The highest BCUT2D eigenvalue weighted by Crippen LogP contribution is 2.07. The zero-order chi connectivity index (χ0) is 6.69. The molecule has 0 saturated carbocycles. The lowest BCUT2D eigenvalue weighted by atomic mass is 10.1. The third-order valence-corrected chi connectivity index (χ3v) is 1.75. The summed E-state index contributed by atoms with van der Waals surface area (Å²) in [5.41, 5.74) is 0. The van der Waals surface area contributed by atoms with Crippen LogP contribution in [0.25, 0.3) is 0 Å². The molecule has 52 valence electrons. The van der Waals surface area contributed by atoms with Gasteiger partial charge in [0.15, 0.2) is 0 Å². The van der Waals surface area contributed by atoms with Gasteiger partial charge in [-0.05, 0) is 19.4 Å². The van der Waals surface area contributed by atoms with Crippen LogP contribution in [0.3, 0.4) is 0 Å². The SMILES string of the molecule is CC1CC=CCN(C)C1. The Labute approximate surface area is 57.4 Å². The molecule has 0 aliphatic carbocycles. The standard InChI is InChI=1S/C8H15N/c1-8-5-3-4-6-9(2)7-8/h3-4,8H,5-7H2,1-2H3. The maximum Gasteiger partial charge on any atom is 0.0160 e. The molecule has 0 spiro atoms. The Bertz CT molecular complexity index is 95.1. The van der Waals surface area contributed by atoms with Crippen molar-refractivity contribution in [3.63, 3.8) is 0 Å². The van der Waals surface area contributed by atoms with Crippen LogP contribution in [-0.4, -0.2) is 25.0 Å². The van der Waals surface area contributed by atoms with Crippen molar-refractivity contribution in [1.29, 1.82) is 0 Å². The summed E-state index contributed by atoms with van der Waals surface area (Å²) in [7, 11) is 2.17. The highest BCUT2D eigenvalue weighted by molar-refractivity contribution is 4.89. The van der Waals surface area contributed by atoms with Gasteiger partial charge in [-0.1, -0.05) is 19.1 Å². The molecule has 1 heterocycles. The monoisotopic (exact) mass is 125 g/mol. The molecule has 0 fully saturated rings. The minimum Gasteiger partial charge on any atom is -0.302 e. The summed E-state index contributed by atoms with van der Waals surface area (Å²) in [6.45, 7) is 4.67. The van der Waals surface area contributed by atoms with Gasteiger partial charge >= 0.3 is 0 Å². The maximum atomic E-state index is 2.36. The second-order valence-corrected chi connectivity index (χ2v) is 3.03. The fourth-order valence-corrected chi connectivity index (χ4v) is 1.26. The summed E-state index contributed by atoms with van der Waals surface area (Å²) in [6.07, 6.45) is 5.79. The molecule has 0 aromatic rings. The van der Waals surface area contributed by atoms with Gasteiger partial charge < -0.3 is 4.90 Å². The van der Waals surface area contributed by atoms with E-state index < -0.39 is 0 Å². The quantitative estimate of drug-likeness (QED) is 0.444. The smallest absolute Gasteiger partial charge is 0.0160 e. The zero-order valence-corrected chi connectivity index (χ0v) is 6.30. The van der Waals surface area contributed by atoms with Crippen molar-refractivity contribution in [2.75, 3.05) is 20.1 Å². The lowest BCUT2D eigenvalue weighted by molar-refractivity contribution is 0.322. The Morgan fingerprint density at radius 2 is 2.22 bits per heavy atom. The van der Waals surface area contributed by atoms with Crippen LogP contribution in [0, 0.1) is 5.92 Å². The van der Waals surface area contributed by atoms with Crippen molar-refractivity contribution in [2.24, 2.45) is 5.92 Å². The lowest BCUT2D eigenvalue weighted by Crippen LogP contribution is -2.22. The van der Waals surface area contributed by atoms with Crippen LogP contribution in [0.15, 0.2) is 12.2 Å². The van der Waals surface area contributed by atoms with E-state index in [4.69, 9.17) is 0 Å². The normalized spacial score (nSPS) is 30.2. The van der Waals surface area contributed by atoms with Gasteiger partial charge in [0.2, 0.25) is 0 Å². The van der Waals surface area contributed by atoms with Crippen molar-refractivity contribution >= 4 is 0 Å². The van der Waals surface area contributed by atoms with Gasteiger partial charge in [0.25, 0.3) is 0 Å². The third-order valence-electron chi connectivity index (χ3n) is 1.75. The van der Waals surface area contributed by atoms with Gasteiger partial charge in [0.1, 0.15) is 0 Å². The van der Waals surface area contributed by atoms with Gasteiger partial charge in [-0.3, -0.25) is 0 Å². The first-order valence-corrected chi connectivity index (χ1v) is 3.62. The molecule has 0 saturated heterocycles. The van der Waals surface area contributed by atoms with Crippen LogP contribution in [0.1, 0.15) is 13.3 Å². The number of rotatable bonds is 0. The Balaban J connectivity index is 2.40. The molecule has 1 aliphatic heterocycles. The molecule has 9 heavy (non-hydrogen) atoms. The van der Waals surface area contributed by atoms with E-state index in [1.165, 1.54) is 13.0 Å². The zero-order valence-electron chi connectivity index (χ0n) is 6.30. The summed E-state index contributed by atoms with van der Waals surface area (Å²) in [5, 5.41) is 0. The summed E-state index contributed by atoms with van der Waals surface area (Å²) in [5.74, 6) is 0.841. The van der Waals surface area contributed by atoms with Crippen molar-refractivity contribution < 1.29 is 0 Å². The van der Waals surface area contributed by atoms with E-state index in [9.17, 15) is 0 Å². The van der Waals surface area contributed by atoms with Crippen LogP contribution in [-0.2, 0) is 0 Å². The van der Waals surface area contributed by atoms with Crippen molar-refractivity contribution in [2.45, 2.75) is 13.3 Å². The maximum absolute atomic E-state index is 2.36. The summed E-state index contributed by atoms with van der Waals surface area (Å²) < 4.78 is 0. The van der Waals surface area contributed by atoms with Crippen LogP contribution in [0.4, 0.5) is 0 Å². The third kappa shape index (κ3) is 2.19. The Morgan fingerprint density at radius 3 is 3.00 bits per heavy atom. The average Bonchev–Trinajstić information content (AvgIpc) is 1.93. The molecule has 1 rings (SSSR count). The Hall–Kier alpha value is -0.300. The lowest BCUT2D eigenvalue weighted by Gasteiger charge is -2.15. The topological polar surface area (TPSA) is 3.24 Å². The van der Waals surface area contributed by atoms with Gasteiger partial charge in [-0.15, -0.1) is 0 Å². The fourth-order valence-electron chi connectivity index (χ4n) is 1.26. The first kappa shape index (κ1) is 6.81. The number of likely N-dealkylation sites (N-methyl/N-ethyl adjacent to an activating group) is 1. The van der Waals surface area contributed by atoms with Crippen LogP contribution in [0.2, 0.25) is 0 Å². The Kier molecular flexibility index (Phi) is 2.29. The number of hydrogen-bond donors (Lipinski definition) is 0. The summed E-state index contributed by atoms with van der Waals surface area (Å²) in [6, 6.07) is 0. The minimum atomic E-state index is 0.841. The molecule has 0 aromatic carbocycles. The van der Waals surface area contributed by atoms with E-state index in [0.29, 0.717) is 0 Å². The predicted molar refractivity (Wildman–Crippen MR) is 40.4 cm³/mol. The van der Waals surface area contributed by atoms with E-state index in [-0.39, 0.29) is 0 Å². The highest BCUT2D eigenvalue weighted by atomic mass is 15.1. The van der Waals surface area contributed by atoms with Crippen molar-refractivity contribution in [1.82, 2.24) is 4.90 Å². The molecular weight excluding hydrogens is 110 g/mol. The fraction of sp³-hybridized carbons (Fsp3) is 0.750. The molecule has 1 atom stereocenters. The Morgan fingerprint density at radius 1 is 1.44 bits per heavy atom. The molecular formula is C8H15N. The molecule has 0 bridgehead atoms. The second-order valence-electron chi connectivity index (χ2n) is 3.03. The van der Waals surface area contributed by atoms with E-state index in [0.717, 1.165) is 12.5 Å². The van der Waals surface area contributed by atoms with Crippen LogP contribution in [0.5, 0.6) is 0 Å².